The first-order chi connectivity index (χ1) is 14.4. The SMILES string of the molecule is Cc1nc2ccccc2c(C)c1CC(=O)Nc1cccc(CN2C(=O)CNC2=O)c1. The smallest absolute Gasteiger partial charge is 0.324 e. The Morgan fingerprint density at radius 2 is 1.93 bits per heavy atom. The van der Waals surface area contributed by atoms with Crippen LogP contribution in [0.5, 0.6) is 0 Å². The Labute approximate surface area is 174 Å². The molecule has 0 unspecified atom stereocenters. The Morgan fingerprint density at radius 1 is 1.13 bits per heavy atom. The summed E-state index contributed by atoms with van der Waals surface area (Å²) in [5.41, 5.74) is 5.12. The molecule has 2 N–H and O–H groups in total. The Bertz CT molecular complexity index is 1160. The fourth-order valence-electron chi connectivity index (χ4n) is 3.74. The van der Waals surface area contributed by atoms with Gasteiger partial charge in [0, 0.05) is 16.8 Å². The van der Waals surface area contributed by atoms with Gasteiger partial charge < -0.3 is 10.6 Å². The zero-order chi connectivity index (χ0) is 21.3. The van der Waals surface area contributed by atoms with Gasteiger partial charge in [-0.2, -0.15) is 0 Å². The Kier molecular flexibility index (Phi) is 5.18. The minimum absolute atomic E-state index is 0.0216. The van der Waals surface area contributed by atoms with Gasteiger partial charge in [-0.15, -0.1) is 0 Å². The molecule has 2 aromatic carbocycles. The number of fused-ring (bicyclic) bond motifs is 1. The van der Waals surface area contributed by atoms with Gasteiger partial charge in [0.25, 0.3) is 0 Å². The van der Waals surface area contributed by atoms with Gasteiger partial charge in [0.05, 0.1) is 25.0 Å². The van der Waals surface area contributed by atoms with E-state index in [1.54, 1.807) is 18.2 Å². The van der Waals surface area contributed by atoms with E-state index in [4.69, 9.17) is 0 Å². The molecule has 2 heterocycles. The monoisotopic (exact) mass is 402 g/mol. The van der Waals surface area contributed by atoms with E-state index in [2.05, 4.69) is 15.6 Å². The highest BCUT2D eigenvalue weighted by Gasteiger charge is 2.28. The van der Waals surface area contributed by atoms with Crippen LogP contribution in [0.2, 0.25) is 0 Å². The molecule has 30 heavy (non-hydrogen) atoms. The largest absolute Gasteiger partial charge is 0.329 e. The van der Waals surface area contributed by atoms with Gasteiger partial charge in [-0.1, -0.05) is 30.3 Å². The van der Waals surface area contributed by atoms with E-state index < -0.39 is 6.03 Å². The highest BCUT2D eigenvalue weighted by molar-refractivity contribution is 6.02. The molecular formula is C23H22N4O3. The molecule has 0 saturated carbocycles. The molecule has 0 spiro atoms. The summed E-state index contributed by atoms with van der Waals surface area (Å²) in [5.74, 6) is -0.408. The van der Waals surface area contributed by atoms with Crippen LogP contribution >= 0.6 is 0 Å². The fourth-order valence-corrected chi connectivity index (χ4v) is 3.74. The summed E-state index contributed by atoms with van der Waals surface area (Å²) < 4.78 is 0. The van der Waals surface area contributed by atoms with Crippen LogP contribution < -0.4 is 10.6 Å². The number of para-hydroxylation sites is 1. The highest BCUT2D eigenvalue weighted by atomic mass is 16.2. The van der Waals surface area contributed by atoms with Crippen molar-refractivity contribution in [3.05, 3.63) is 70.9 Å². The van der Waals surface area contributed by atoms with Crippen LogP contribution in [0, 0.1) is 13.8 Å². The van der Waals surface area contributed by atoms with E-state index in [0.29, 0.717) is 5.69 Å². The van der Waals surface area contributed by atoms with Crippen LogP contribution in [0.1, 0.15) is 22.4 Å². The summed E-state index contributed by atoms with van der Waals surface area (Å²) >= 11 is 0. The number of imide groups is 1. The standard InChI is InChI=1S/C23H22N4O3/c1-14-18-8-3-4-9-20(18)25-15(2)19(14)11-21(28)26-17-7-5-6-16(10-17)13-27-22(29)12-24-23(27)30/h3-10H,11-13H2,1-2H3,(H,24,30)(H,26,28). The molecule has 1 saturated heterocycles. The van der Waals surface area contributed by atoms with Crippen LogP contribution in [-0.2, 0) is 22.6 Å². The van der Waals surface area contributed by atoms with Crippen molar-refractivity contribution in [1.29, 1.82) is 0 Å². The first kappa shape index (κ1) is 19.6. The molecule has 1 aromatic heterocycles. The third kappa shape index (κ3) is 3.87. The molecule has 7 heteroatoms. The van der Waals surface area contributed by atoms with Crippen molar-refractivity contribution >= 4 is 34.4 Å². The number of rotatable bonds is 5. The first-order valence-corrected chi connectivity index (χ1v) is 9.74. The molecule has 1 aliphatic heterocycles. The van der Waals surface area contributed by atoms with Crippen LogP contribution in [0.15, 0.2) is 48.5 Å². The third-order valence-electron chi connectivity index (χ3n) is 5.31. The third-order valence-corrected chi connectivity index (χ3v) is 5.31. The van der Waals surface area contributed by atoms with Gasteiger partial charge in [-0.3, -0.25) is 19.5 Å². The number of aryl methyl sites for hydroxylation is 2. The second kappa shape index (κ2) is 7.94. The molecule has 0 atom stereocenters. The molecule has 4 amide bonds. The first-order valence-electron chi connectivity index (χ1n) is 9.74. The van der Waals surface area contributed by atoms with Crippen LogP contribution in [0.4, 0.5) is 10.5 Å². The number of nitrogens with zero attached hydrogens (tertiary/aromatic N) is 2. The number of amides is 4. The maximum Gasteiger partial charge on any atom is 0.324 e. The van der Waals surface area contributed by atoms with Crippen molar-refractivity contribution in [2.24, 2.45) is 0 Å². The number of carbonyl (C=O) groups is 3. The minimum atomic E-state index is -0.399. The fraction of sp³-hybridized carbons (Fsp3) is 0.217. The van der Waals surface area contributed by atoms with E-state index in [9.17, 15) is 14.4 Å². The van der Waals surface area contributed by atoms with Gasteiger partial charge in [-0.05, 0) is 48.7 Å². The second-order valence-corrected chi connectivity index (χ2v) is 7.38. The van der Waals surface area contributed by atoms with E-state index in [0.717, 1.165) is 38.2 Å². The van der Waals surface area contributed by atoms with Gasteiger partial charge in [0.15, 0.2) is 0 Å². The summed E-state index contributed by atoms with van der Waals surface area (Å²) in [5, 5.41) is 6.45. The van der Waals surface area contributed by atoms with E-state index in [1.165, 1.54) is 0 Å². The van der Waals surface area contributed by atoms with Gasteiger partial charge in [0.2, 0.25) is 11.8 Å². The number of nitrogens with one attached hydrogen (secondary N) is 2. The number of aromatic nitrogens is 1. The molecule has 1 fully saturated rings. The number of hydrogen-bond donors (Lipinski definition) is 2. The highest BCUT2D eigenvalue weighted by Crippen LogP contribution is 2.23. The molecule has 1 aliphatic rings. The van der Waals surface area contributed by atoms with Crippen molar-refractivity contribution in [3.63, 3.8) is 0 Å². The van der Waals surface area contributed by atoms with Crippen molar-refractivity contribution in [2.75, 3.05) is 11.9 Å². The number of urea groups is 1. The number of carbonyl (C=O) groups excluding carboxylic acids is 3. The molecule has 152 valence electrons. The zero-order valence-electron chi connectivity index (χ0n) is 16.9. The number of anilines is 1. The van der Waals surface area contributed by atoms with Crippen LogP contribution in [0.3, 0.4) is 0 Å². The van der Waals surface area contributed by atoms with Crippen molar-refractivity contribution in [2.45, 2.75) is 26.8 Å². The van der Waals surface area contributed by atoms with E-state index >= 15 is 0 Å². The minimum Gasteiger partial charge on any atom is -0.329 e. The lowest BCUT2D eigenvalue weighted by Gasteiger charge is -2.14. The molecule has 0 bridgehead atoms. The maximum absolute atomic E-state index is 12.7. The summed E-state index contributed by atoms with van der Waals surface area (Å²) in [6, 6.07) is 14.7. The van der Waals surface area contributed by atoms with Crippen molar-refractivity contribution in [1.82, 2.24) is 15.2 Å². The van der Waals surface area contributed by atoms with Crippen LogP contribution in [-0.4, -0.2) is 34.3 Å². The van der Waals surface area contributed by atoms with E-state index in [1.807, 2.05) is 44.2 Å². The number of pyridine rings is 1. The predicted octanol–water partition coefficient (Wildman–Crippen LogP) is 3.08. The summed E-state index contributed by atoms with van der Waals surface area (Å²) in [4.78, 5) is 42.0. The van der Waals surface area contributed by atoms with Crippen molar-refractivity contribution < 1.29 is 14.4 Å². The lowest BCUT2D eigenvalue weighted by atomic mass is 9.99. The predicted molar refractivity (Wildman–Crippen MR) is 114 cm³/mol. The maximum atomic E-state index is 12.7. The zero-order valence-corrected chi connectivity index (χ0v) is 16.9. The topological polar surface area (TPSA) is 91.4 Å². The quantitative estimate of drug-likeness (QED) is 0.642. The lowest BCUT2D eigenvalue weighted by molar-refractivity contribution is -0.125. The molecule has 7 nitrogen and oxygen atoms in total. The Hall–Kier alpha value is -3.74. The lowest BCUT2D eigenvalue weighted by Crippen LogP contribution is -2.30. The Balaban J connectivity index is 1.49. The summed E-state index contributed by atoms with van der Waals surface area (Å²) in [6.45, 7) is 4.12. The van der Waals surface area contributed by atoms with Gasteiger partial charge in [0.1, 0.15) is 0 Å². The average Bonchev–Trinajstić information content (AvgIpc) is 3.03. The van der Waals surface area contributed by atoms with Crippen LogP contribution in [0.25, 0.3) is 10.9 Å². The molecule has 0 aliphatic carbocycles. The number of hydrogen-bond acceptors (Lipinski definition) is 4. The normalized spacial score (nSPS) is 13.6. The van der Waals surface area contributed by atoms with E-state index in [-0.39, 0.29) is 31.3 Å². The molecule has 3 aromatic rings. The summed E-state index contributed by atoms with van der Waals surface area (Å²) in [7, 11) is 0. The summed E-state index contributed by atoms with van der Waals surface area (Å²) in [6.07, 6.45) is 0.215. The van der Waals surface area contributed by atoms with Crippen molar-refractivity contribution in [3.8, 4) is 0 Å². The molecule has 0 radical (unpaired) electrons. The van der Waals surface area contributed by atoms with Gasteiger partial charge in [-0.25, -0.2) is 4.79 Å². The van der Waals surface area contributed by atoms with Gasteiger partial charge >= 0.3 is 6.03 Å². The average molecular weight is 402 g/mol. The molecular weight excluding hydrogens is 380 g/mol. The Morgan fingerprint density at radius 3 is 2.70 bits per heavy atom. The second-order valence-electron chi connectivity index (χ2n) is 7.38. The number of benzene rings is 2. The molecule has 4 rings (SSSR count).